The number of pyridine rings is 2. The average molecular weight is 392 g/mol. The number of anilines is 2. The van der Waals surface area contributed by atoms with Crippen molar-refractivity contribution in [1.29, 1.82) is 0 Å². The Morgan fingerprint density at radius 3 is 2.69 bits per heavy atom. The molecule has 0 aromatic carbocycles. The van der Waals surface area contributed by atoms with E-state index in [0.717, 1.165) is 41.5 Å². The van der Waals surface area contributed by atoms with Crippen molar-refractivity contribution in [3.63, 3.8) is 0 Å². The topological polar surface area (TPSA) is 120 Å². The number of rotatable bonds is 3. The molecule has 0 atom stereocenters. The minimum Gasteiger partial charge on any atom is -0.382 e. The molecule has 1 saturated heterocycles. The molecule has 0 unspecified atom stereocenters. The first kappa shape index (κ1) is 17.3. The minimum absolute atomic E-state index is 0.133. The van der Waals surface area contributed by atoms with E-state index in [4.69, 9.17) is 27.7 Å². The van der Waals surface area contributed by atoms with Gasteiger partial charge in [0.05, 0.1) is 9.92 Å². The lowest BCUT2D eigenvalue weighted by Gasteiger charge is -2.37. The third-order valence-electron chi connectivity index (χ3n) is 4.54. The summed E-state index contributed by atoms with van der Waals surface area (Å²) in [7, 11) is 0. The summed E-state index contributed by atoms with van der Waals surface area (Å²) < 4.78 is 4.99. The summed E-state index contributed by atoms with van der Waals surface area (Å²) in [6.07, 6.45) is 5.16. The molecular formula is C16H18ClN7OS. The second-order valence-corrected chi connectivity index (χ2v) is 8.12. The fraction of sp³-hybridized carbons (Fsp3) is 0.375. The maximum atomic E-state index is 6.24. The molecule has 8 nitrogen and oxygen atoms in total. The van der Waals surface area contributed by atoms with Gasteiger partial charge in [0.1, 0.15) is 5.82 Å². The number of fused-ring (bicyclic) bond motifs is 1. The number of nitrogens with two attached hydrogens (primary N) is 2. The fourth-order valence-corrected chi connectivity index (χ4v) is 4.04. The molecule has 4 rings (SSSR count). The summed E-state index contributed by atoms with van der Waals surface area (Å²) in [5.74, 6) is 1.05. The Labute approximate surface area is 159 Å². The van der Waals surface area contributed by atoms with Gasteiger partial charge >= 0.3 is 0 Å². The summed E-state index contributed by atoms with van der Waals surface area (Å²) >= 11 is 7.64. The molecule has 3 aromatic heterocycles. The number of nitrogen functional groups attached to an aromatic ring is 1. The monoisotopic (exact) mass is 391 g/mol. The van der Waals surface area contributed by atoms with Gasteiger partial charge in [0, 0.05) is 35.9 Å². The number of nitrogens with zero attached hydrogens (tertiary/aromatic N) is 5. The number of aromatic nitrogens is 4. The van der Waals surface area contributed by atoms with Crippen molar-refractivity contribution in [3.05, 3.63) is 23.5 Å². The molecule has 0 radical (unpaired) electrons. The van der Waals surface area contributed by atoms with Crippen LogP contribution in [-0.2, 0) is 0 Å². The molecule has 136 valence electrons. The van der Waals surface area contributed by atoms with E-state index in [0.29, 0.717) is 16.1 Å². The zero-order valence-corrected chi connectivity index (χ0v) is 15.7. The largest absolute Gasteiger partial charge is 0.382 e. The standard InChI is InChI=1S/C16H18ClN7OS/c1-16(19)3-6-24(7-4-16)15-13-12(22-25-23-13)10(8-21-15)26-9-2-5-20-14(18)11(9)17/h2,5,8H,3-4,6-7,19H2,1H3,(H2,18,20). The highest BCUT2D eigenvalue weighted by atomic mass is 35.5. The summed E-state index contributed by atoms with van der Waals surface area (Å²) in [4.78, 5) is 12.3. The van der Waals surface area contributed by atoms with Crippen LogP contribution in [0.4, 0.5) is 11.6 Å². The predicted molar refractivity (Wildman–Crippen MR) is 101 cm³/mol. The highest BCUT2D eigenvalue weighted by molar-refractivity contribution is 7.99. The van der Waals surface area contributed by atoms with Gasteiger partial charge in [-0.25, -0.2) is 14.6 Å². The van der Waals surface area contributed by atoms with Crippen LogP contribution >= 0.6 is 23.4 Å². The smallest absolute Gasteiger partial charge is 0.178 e. The van der Waals surface area contributed by atoms with Crippen LogP contribution in [0.3, 0.4) is 0 Å². The van der Waals surface area contributed by atoms with Crippen molar-refractivity contribution < 1.29 is 4.63 Å². The molecule has 0 saturated carbocycles. The Hall–Kier alpha value is -2.10. The van der Waals surface area contributed by atoms with Gasteiger partial charge in [0.25, 0.3) is 0 Å². The van der Waals surface area contributed by atoms with Crippen LogP contribution in [0.1, 0.15) is 19.8 Å². The van der Waals surface area contributed by atoms with E-state index in [-0.39, 0.29) is 11.4 Å². The maximum absolute atomic E-state index is 6.24. The summed E-state index contributed by atoms with van der Waals surface area (Å²) in [5.41, 5.74) is 13.1. The van der Waals surface area contributed by atoms with Crippen molar-refractivity contribution in [2.24, 2.45) is 5.73 Å². The SMILES string of the molecule is CC1(N)CCN(c2ncc(Sc3ccnc(N)c3Cl)c3nonc23)CC1. The second kappa shape index (κ2) is 6.57. The number of hydrogen-bond donors (Lipinski definition) is 2. The third-order valence-corrected chi connectivity index (χ3v) is 6.13. The highest BCUT2D eigenvalue weighted by Gasteiger charge is 2.28. The molecule has 0 spiro atoms. The molecule has 1 aliphatic rings. The Balaban J connectivity index is 1.67. The highest BCUT2D eigenvalue weighted by Crippen LogP contribution is 2.39. The van der Waals surface area contributed by atoms with E-state index in [1.807, 2.05) is 0 Å². The zero-order valence-electron chi connectivity index (χ0n) is 14.1. The summed E-state index contributed by atoms with van der Waals surface area (Å²) in [6, 6.07) is 1.79. The molecular weight excluding hydrogens is 374 g/mol. The molecule has 1 aliphatic heterocycles. The maximum Gasteiger partial charge on any atom is 0.178 e. The van der Waals surface area contributed by atoms with Crippen LogP contribution in [0.25, 0.3) is 11.0 Å². The number of halogens is 1. The van der Waals surface area contributed by atoms with Gasteiger partial charge in [-0.05, 0) is 36.1 Å². The van der Waals surface area contributed by atoms with Gasteiger partial charge in [-0.3, -0.25) is 0 Å². The minimum atomic E-state index is -0.133. The van der Waals surface area contributed by atoms with E-state index >= 15 is 0 Å². The van der Waals surface area contributed by atoms with E-state index in [1.54, 1.807) is 18.5 Å². The predicted octanol–water partition coefficient (Wildman–Crippen LogP) is 2.72. The summed E-state index contributed by atoms with van der Waals surface area (Å²) in [5, 5.41) is 8.54. The lowest BCUT2D eigenvalue weighted by atomic mass is 9.91. The quantitative estimate of drug-likeness (QED) is 0.693. The van der Waals surface area contributed by atoms with Gasteiger partial charge < -0.3 is 16.4 Å². The molecule has 3 aromatic rings. The third kappa shape index (κ3) is 3.17. The van der Waals surface area contributed by atoms with E-state index in [2.05, 4.69) is 32.1 Å². The van der Waals surface area contributed by atoms with Crippen molar-refractivity contribution in [1.82, 2.24) is 20.3 Å². The fourth-order valence-electron chi connectivity index (χ4n) is 2.91. The summed E-state index contributed by atoms with van der Waals surface area (Å²) in [6.45, 7) is 3.72. The first-order valence-corrected chi connectivity index (χ1v) is 9.37. The zero-order chi connectivity index (χ0) is 18.3. The normalized spacial score (nSPS) is 17.0. The number of piperidine rings is 1. The number of hydrogen-bond acceptors (Lipinski definition) is 9. The first-order valence-electron chi connectivity index (χ1n) is 8.17. The molecule has 0 bridgehead atoms. The lowest BCUT2D eigenvalue weighted by molar-refractivity contribution is 0.315. The molecule has 4 N–H and O–H groups in total. The molecule has 26 heavy (non-hydrogen) atoms. The molecule has 4 heterocycles. The molecule has 1 fully saturated rings. The van der Waals surface area contributed by atoms with E-state index < -0.39 is 0 Å². The Morgan fingerprint density at radius 2 is 1.92 bits per heavy atom. The Bertz CT molecular complexity index is 951. The van der Waals surface area contributed by atoms with Crippen LogP contribution in [0.15, 0.2) is 32.9 Å². The van der Waals surface area contributed by atoms with Crippen LogP contribution in [-0.4, -0.2) is 38.9 Å². The first-order chi connectivity index (χ1) is 12.4. The van der Waals surface area contributed by atoms with E-state index in [1.165, 1.54) is 11.8 Å². The Morgan fingerprint density at radius 1 is 1.19 bits per heavy atom. The van der Waals surface area contributed by atoms with Gasteiger partial charge in [0.2, 0.25) is 0 Å². The Kier molecular flexibility index (Phi) is 4.37. The molecule has 0 amide bonds. The second-order valence-electron chi connectivity index (χ2n) is 6.66. The van der Waals surface area contributed by atoms with Crippen LogP contribution in [0.5, 0.6) is 0 Å². The molecule has 0 aliphatic carbocycles. The van der Waals surface area contributed by atoms with Gasteiger partial charge in [-0.15, -0.1) is 0 Å². The van der Waals surface area contributed by atoms with Crippen LogP contribution in [0.2, 0.25) is 5.02 Å². The molecule has 10 heteroatoms. The van der Waals surface area contributed by atoms with Crippen LogP contribution in [0, 0.1) is 0 Å². The van der Waals surface area contributed by atoms with Gasteiger partial charge in [-0.2, -0.15) is 0 Å². The van der Waals surface area contributed by atoms with Crippen molar-refractivity contribution >= 4 is 46.0 Å². The van der Waals surface area contributed by atoms with Gasteiger partial charge in [0.15, 0.2) is 16.9 Å². The lowest BCUT2D eigenvalue weighted by Crippen LogP contribution is -2.48. The van der Waals surface area contributed by atoms with Crippen LogP contribution < -0.4 is 16.4 Å². The van der Waals surface area contributed by atoms with Crippen molar-refractivity contribution in [3.8, 4) is 0 Å². The average Bonchev–Trinajstić information content (AvgIpc) is 3.10. The van der Waals surface area contributed by atoms with Gasteiger partial charge in [-0.1, -0.05) is 23.4 Å². The van der Waals surface area contributed by atoms with Crippen molar-refractivity contribution in [2.75, 3.05) is 23.7 Å². The van der Waals surface area contributed by atoms with Crippen molar-refractivity contribution in [2.45, 2.75) is 35.1 Å². The van der Waals surface area contributed by atoms with E-state index in [9.17, 15) is 0 Å².